The molecule has 0 aromatic heterocycles. The molecule has 0 aliphatic carbocycles. The molecule has 2 aromatic carbocycles. The lowest BCUT2D eigenvalue weighted by Gasteiger charge is -2.48. The van der Waals surface area contributed by atoms with Gasteiger partial charge in [0.15, 0.2) is 18.7 Å². The molecule has 2 aromatic rings. The van der Waals surface area contributed by atoms with E-state index in [0.29, 0.717) is 0 Å². The second-order valence-corrected chi connectivity index (χ2v) is 12.7. The van der Waals surface area contributed by atoms with Crippen LogP contribution in [-0.4, -0.2) is 60.0 Å². The maximum atomic E-state index is 14.1. The monoisotopic (exact) mass is 562 g/mol. The van der Waals surface area contributed by atoms with E-state index in [1.807, 2.05) is 70.2 Å². The number of methoxy groups -OCH3 is 2. The van der Waals surface area contributed by atoms with E-state index in [2.05, 4.69) is 13.8 Å². The van der Waals surface area contributed by atoms with Crippen molar-refractivity contribution in [3.8, 4) is 0 Å². The molecule has 2 heterocycles. The molecule has 0 spiro atoms. The third kappa shape index (κ3) is 6.25. The Morgan fingerprint density at radius 3 is 1.95 bits per heavy atom. The highest BCUT2D eigenvalue weighted by atomic mass is 32.2. The number of fused-ring (bicyclic) bond motifs is 1. The molecule has 0 bridgehead atoms. The normalized spacial score (nSPS) is 27.8. The van der Waals surface area contributed by atoms with Crippen LogP contribution in [0.2, 0.25) is 0 Å². The van der Waals surface area contributed by atoms with Crippen molar-refractivity contribution in [3.63, 3.8) is 0 Å². The van der Waals surface area contributed by atoms with Crippen molar-refractivity contribution in [1.29, 1.82) is 0 Å². The molecule has 2 aliphatic heterocycles. The maximum Gasteiger partial charge on any atom is 0.298 e. The summed E-state index contributed by atoms with van der Waals surface area (Å²) in [5, 5.41) is 0. The van der Waals surface area contributed by atoms with Gasteiger partial charge in [-0.25, -0.2) is 0 Å². The van der Waals surface area contributed by atoms with Crippen molar-refractivity contribution in [2.45, 2.75) is 101 Å². The minimum Gasteiger partial charge on any atom is -0.376 e. The first-order valence-electron chi connectivity index (χ1n) is 13.6. The Kier molecular flexibility index (Phi) is 9.53. The molecule has 6 atom stereocenters. The van der Waals surface area contributed by atoms with E-state index in [1.165, 1.54) is 14.2 Å². The van der Waals surface area contributed by atoms with Crippen molar-refractivity contribution in [3.05, 3.63) is 64.7 Å². The van der Waals surface area contributed by atoms with E-state index >= 15 is 0 Å². The van der Waals surface area contributed by atoms with Crippen LogP contribution in [-0.2, 0) is 38.0 Å². The second kappa shape index (κ2) is 12.3. The van der Waals surface area contributed by atoms with Crippen molar-refractivity contribution in [2.24, 2.45) is 0 Å². The van der Waals surface area contributed by atoms with Gasteiger partial charge in [-0.2, -0.15) is 8.42 Å². The highest BCUT2D eigenvalue weighted by molar-refractivity contribution is 7.86. The van der Waals surface area contributed by atoms with Gasteiger partial charge < -0.3 is 23.7 Å². The summed E-state index contributed by atoms with van der Waals surface area (Å²) in [5.41, 5.74) is 3.40. The van der Waals surface area contributed by atoms with E-state index in [0.717, 1.165) is 22.3 Å². The Hall–Kier alpha value is -1.85. The van der Waals surface area contributed by atoms with Crippen LogP contribution in [0.15, 0.2) is 47.4 Å². The highest BCUT2D eigenvalue weighted by Crippen LogP contribution is 2.40. The first kappa shape index (κ1) is 30.1. The van der Waals surface area contributed by atoms with Crippen LogP contribution in [0.1, 0.15) is 87.8 Å². The Balaban J connectivity index is 1.72. The average Bonchev–Trinajstić information content (AvgIpc) is 2.91. The highest BCUT2D eigenvalue weighted by Gasteiger charge is 2.53. The largest absolute Gasteiger partial charge is 0.376 e. The molecule has 1 unspecified atom stereocenters. The molecule has 216 valence electrons. The van der Waals surface area contributed by atoms with E-state index in [-0.39, 0.29) is 29.3 Å². The van der Waals surface area contributed by atoms with Gasteiger partial charge in [0.25, 0.3) is 10.1 Å². The van der Waals surface area contributed by atoms with Crippen LogP contribution >= 0.6 is 0 Å². The van der Waals surface area contributed by atoms with Gasteiger partial charge in [-0.15, -0.1) is 0 Å². The molecule has 0 amide bonds. The number of rotatable bonds is 9. The summed E-state index contributed by atoms with van der Waals surface area (Å²) in [6.45, 7) is 12.4. The minimum atomic E-state index is -4.27. The molecule has 39 heavy (non-hydrogen) atoms. The van der Waals surface area contributed by atoms with Crippen LogP contribution in [0.5, 0.6) is 0 Å². The van der Waals surface area contributed by atoms with E-state index in [1.54, 1.807) is 0 Å². The van der Waals surface area contributed by atoms with Crippen molar-refractivity contribution < 1.29 is 36.3 Å². The van der Waals surface area contributed by atoms with Gasteiger partial charge in [0, 0.05) is 19.8 Å². The topological polar surface area (TPSA) is 89.5 Å². The quantitative estimate of drug-likeness (QED) is 0.363. The smallest absolute Gasteiger partial charge is 0.298 e. The lowest BCUT2D eigenvalue weighted by molar-refractivity contribution is -0.357. The standard InChI is InChI=1S/C30H42O8S/c1-17(2)21-14-22(18(3)4)28(23(15-21)19(5)6)39(31,32)38-27-26(33-7)25-24(36-30(27)34-8)16-35-29(37-25)20-12-10-9-11-13-20/h9-15,17-19,24-27,29-30H,16H2,1-8H3/t24-,25-,26+,27-,29?,30+/m1/s1. The maximum absolute atomic E-state index is 14.1. The molecule has 2 saturated heterocycles. The fraction of sp³-hybridized carbons (Fsp3) is 0.600. The van der Waals surface area contributed by atoms with Gasteiger partial charge in [0.05, 0.1) is 6.61 Å². The number of hydrogen-bond acceptors (Lipinski definition) is 8. The zero-order valence-corrected chi connectivity index (χ0v) is 24.9. The van der Waals surface area contributed by atoms with E-state index < -0.39 is 47.1 Å². The summed E-state index contributed by atoms with van der Waals surface area (Å²) in [6.07, 6.45) is -4.72. The van der Waals surface area contributed by atoms with Crippen molar-refractivity contribution >= 4 is 10.1 Å². The van der Waals surface area contributed by atoms with Crippen LogP contribution < -0.4 is 0 Å². The Morgan fingerprint density at radius 1 is 0.821 bits per heavy atom. The summed E-state index contributed by atoms with van der Waals surface area (Å²) in [7, 11) is -1.31. The molecule has 0 N–H and O–H groups in total. The zero-order chi connectivity index (χ0) is 28.5. The Morgan fingerprint density at radius 2 is 1.44 bits per heavy atom. The van der Waals surface area contributed by atoms with Gasteiger partial charge in [-0.05, 0) is 34.4 Å². The number of benzene rings is 2. The van der Waals surface area contributed by atoms with Gasteiger partial charge in [-0.1, -0.05) is 84.0 Å². The minimum absolute atomic E-state index is 0.0385. The van der Waals surface area contributed by atoms with Crippen LogP contribution in [0.25, 0.3) is 0 Å². The summed E-state index contributed by atoms with van der Waals surface area (Å²) in [5.74, 6) is 0.173. The van der Waals surface area contributed by atoms with Gasteiger partial charge in [0.1, 0.15) is 23.2 Å². The average molecular weight is 563 g/mol. The summed E-state index contributed by atoms with van der Waals surface area (Å²) in [6, 6.07) is 13.5. The fourth-order valence-corrected chi connectivity index (χ4v) is 7.02. The molecule has 0 saturated carbocycles. The molecule has 4 rings (SSSR count). The van der Waals surface area contributed by atoms with Gasteiger partial charge >= 0.3 is 0 Å². The lowest BCUT2D eigenvalue weighted by Crippen LogP contribution is -2.63. The molecule has 9 heteroatoms. The first-order chi connectivity index (χ1) is 18.5. The Bertz CT molecular complexity index is 1180. The SMILES string of the molecule is CO[C@H]1O[C@@H]2COC(c3ccccc3)O[C@H]2[C@H](OC)[C@H]1OS(=O)(=O)c1c(C(C)C)cc(C(C)C)cc1C(C)C. The predicted molar refractivity (Wildman–Crippen MR) is 147 cm³/mol. The summed E-state index contributed by atoms with van der Waals surface area (Å²) >= 11 is 0. The zero-order valence-electron chi connectivity index (χ0n) is 24.1. The summed E-state index contributed by atoms with van der Waals surface area (Å²) in [4.78, 5) is 0.207. The molecular weight excluding hydrogens is 520 g/mol. The van der Waals surface area contributed by atoms with E-state index in [9.17, 15) is 8.42 Å². The van der Waals surface area contributed by atoms with E-state index in [4.69, 9.17) is 27.9 Å². The molecular formula is C30H42O8S. The molecule has 2 fully saturated rings. The van der Waals surface area contributed by atoms with Crippen LogP contribution in [0, 0.1) is 0 Å². The van der Waals surface area contributed by atoms with Crippen molar-refractivity contribution in [1.82, 2.24) is 0 Å². The molecule has 8 nitrogen and oxygen atoms in total. The van der Waals surface area contributed by atoms with Crippen molar-refractivity contribution in [2.75, 3.05) is 20.8 Å². The number of hydrogen-bond donors (Lipinski definition) is 0. The third-order valence-corrected chi connectivity index (χ3v) is 8.87. The first-order valence-corrected chi connectivity index (χ1v) is 15.0. The summed E-state index contributed by atoms with van der Waals surface area (Å²) < 4.78 is 64.1. The van der Waals surface area contributed by atoms with Gasteiger partial charge in [-0.3, -0.25) is 4.18 Å². The Labute approximate surface area is 233 Å². The number of ether oxygens (including phenoxy) is 5. The lowest BCUT2D eigenvalue weighted by atomic mass is 9.89. The predicted octanol–water partition coefficient (Wildman–Crippen LogP) is 5.63. The molecule has 2 aliphatic rings. The molecule has 0 radical (unpaired) electrons. The third-order valence-electron chi connectivity index (χ3n) is 7.43. The fourth-order valence-electron chi connectivity index (χ4n) is 5.26. The second-order valence-electron chi connectivity index (χ2n) is 11.2. The van der Waals surface area contributed by atoms with Gasteiger partial charge in [0.2, 0.25) is 0 Å². The van der Waals surface area contributed by atoms with Crippen LogP contribution in [0.3, 0.4) is 0 Å². The van der Waals surface area contributed by atoms with Crippen LogP contribution in [0.4, 0.5) is 0 Å².